The Hall–Kier alpha value is -15.6. The Balaban J connectivity index is 0.000000112. The van der Waals surface area contributed by atoms with Crippen LogP contribution in [0.1, 0.15) is 33.4 Å². The molecule has 594 valence electrons. The summed E-state index contributed by atoms with van der Waals surface area (Å²) in [6.45, 7) is 13.7. The summed E-state index contributed by atoms with van der Waals surface area (Å²) >= 11 is 0. The zero-order valence-electron chi connectivity index (χ0n) is 71.6. The lowest BCUT2D eigenvalue weighted by atomic mass is 9.82. The minimum atomic E-state index is 1.26. The van der Waals surface area contributed by atoms with Gasteiger partial charge in [0.1, 0.15) is 0 Å². The van der Waals surface area contributed by atoms with Crippen LogP contribution in [0, 0.1) is 41.5 Å². The van der Waals surface area contributed by atoms with Crippen LogP contribution >= 0.6 is 0 Å². The summed E-state index contributed by atoms with van der Waals surface area (Å²) in [4.78, 5) is 0. The number of hydrogen-bond acceptors (Lipinski definition) is 0. The van der Waals surface area contributed by atoms with Gasteiger partial charge in [-0.25, -0.2) is 0 Å². The maximum absolute atomic E-state index is 2.41. The summed E-state index contributed by atoms with van der Waals surface area (Å²) in [6.07, 6.45) is 0. The average molecular weight is 1600 g/mol. The van der Waals surface area contributed by atoms with Crippen LogP contribution in [0.15, 0.2) is 437 Å². The fourth-order valence-electron chi connectivity index (χ4n) is 20.9. The van der Waals surface area contributed by atoms with Crippen molar-refractivity contribution in [1.29, 1.82) is 0 Å². The molecule has 0 aliphatic carbocycles. The number of aryl methyl sites for hydroxylation is 6. The van der Waals surface area contributed by atoms with Gasteiger partial charge >= 0.3 is 0 Å². The van der Waals surface area contributed by atoms with Crippen LogP contribution in [-0.4, -0.2) is 0 Å². The first-order valence-electron chi connectivity index (χ1n) is 44.1. The summed E-state index contributed by atoms with van der Waals surface area (Å²) in [6, 6.07) is 160. The third-order valence-electron chi connectivity index (χ3n) is 26.6. The molecule has 24 aromatic rings. The molecule has 0 saturated carbocycles. The van der Waals surface area contributed by atoms with Crippen molar-refractivity contribution in [3.05, 3.63) is 470 Å². The normalized spacial score (nSPS) is 11.6. The molecule has 0 unspecified atom stereocenters. The molecule has 0 nitrogen and oxygen atoms in total. The van der Waals surface area contributed by atoms with Crippen LogP contribution < -0.4 is 0 Å². The van der Waals surface area contributed by atoms with Crippen LogP contribution in [0.2, 0.25) is 0 Å². The van der Waals surface area contributed by atoms with Crippen molar-refractivity contribution in [3.8, 4) is 100 Å². The highest BCUT2D eigenvalue weighted by atomic mass is 14.3. The summed E-state index contributed by atoms with van der Waals surface area (Å²) in [5.41, 5.74) is 31.1. The minimum Gasteiger partial charge on any atom is -0.0616 e. The maximum Gasteiger partial charge on any atom is -0.00668 e. The largest absolute Gasteiger partial charge is 0.0616 e. The molecule has 0 heterocycles. The minimum absolute atomic E-state index is 1.26. The fourth-order valence-corrected chi connectivity index (χ4v) is 20.9. The number of rotatable bonds is 9. The number of fused-ring (bicyclic) bond motifs is 12. The molecular formula is C126H90. The molecule has 0 amide bonds. The van der Waals surface area contributed by atoms with Crippen molar-refractivity contribution in [3.63, 3.8) is 0 Å². The zero-order valence-corrected chi connectivity index (χ0v) is 71.6. The highest BCUT2D eigenvalue weighted by Crippen LogP contribution is 2.51. The smallest absolute Gasteiger partial charge is 0.00668 e. The topological polar surface area (TPSA) is 0 Å². The Labute approximate surface area is 735 Å². The third kappa shape index (κ3) is 13.4. The molecular weight excluding hydrogens is 1510 g/mol. The van der Waals surface area contributed by atoms with E-state index in [1.807, 2.05) is 0 Å². The van der Waals surface area contributed by atoms with Gasteiger partial charge in [-0.3, -0.25) is 0 Å². The Bertz CT molecular complexity index is 8180. The molecule has 24 rings (SSSR count). The van der Waals surface area contributed by atoms with E-state index in [-0.39, 0.29) is 0 Å². The quantitative estimate of drug-likeness (QED) is 0.135. The van der Waals surface area contributed by atoms with Gasteiger partial charge in [-0.2, -0.15) is 0 Å². The second kappa shape index (κ2) is 32.0. The Morgan fingerprint density at radius 3 is 0.500 bits per heavy atom. The second-order valence-corrected chi connectivity index (χ2v) is 34.2. The molecule has 0 saturated heterocycles. The van der Waals surface area contributed by atoms with Gasteiger partial charge in [-0.05, 0) is 323 Å². The van der Waals surface area contributed by atoms with Gasteiger partial charge < -0.3 is 0 Å². The predicted octanol–water partition coefficient (Wildman–Crippen LogP) is 35.8. The molecule has 0 aromatic heterocycles. The summed E-state index contributed by atoms with van der Waals surface area (Å²) < 4.78 is 0. The standard InChI is InChI=1S/3C42H30/c1-27-25-39(33-23-11-15-29-13-3-5-17-31(29)33)35-19-7-9-21-37(35)41(27)42-28(2)26-40(36-20-8-10-22-38(36)42)34-24-12-16-30-14-4-6-18-32(30)34;1-27-23-39(33-21-19-29-11-3-5-13-31(29)25-33)35-15-7-9-17-37(35)41(27)42-28(2)24-40(36-16-8-10-18-38(36)42)34-22-20-30-12-4-6-14-32(30)26-34;1-27-24-39(32-23-22-29-12-3-4-14-31(29)26-32)35-17-7-9-19-37(35)41(27)42-28(2)25-40(36-18-8-10-20-38(36)42)34-21-11-15-30-13-5-6-16-33(30)34/h3*3-26H,1-2H3. The van der Waals surface area contributed by atoms with E-state index in [0.29, 0.717) is 0 Å². The third-order valence-corrected chi connectivity index (χ3v) is 26.6. The molecule has 0 N–H and O–H groups in total. The molecule has 0 radical (unpaired) electrons. The van der Waals surface area contributed by atoms with Gasteiger partial charge in [0.05, 0.1) is 0 Å². The van der Waals surface area contributed by atoms with Crippen molar-refractivity contribution in [2.24, 2.45) is 0 Å². The predicted molar refractivity (Wildman–Crippen MR) is 547 cm³/mol. The fraction of sp³-hybridized carbons (Fsp3) is 0.0476. The second-order valence-electron chi connectivity index (χ2n) is 34.2. The Morgan fingerprint density at radius 1 is 0.103 bits per heavy atom. The lowest BCUT2D eigenvalue weighted by Gasteiger charge is -2.21. The van der Waals surface area contributed by atoms with Crippen LogP contribution in [0.5, 0.6) is 0 Å². The van der Waals surface area contributed by atoms with E-state index < -0.39 is 0 Å². The zero-order chi connectivity index (χ0) is 84.6. The molecule has 0 aliphatic heterocycles. The van der Waals surface area contributed by atoms with Crippen LogP contribution in [-0.2, 0) is 0 Å². The molecule has 0 aliphatic rings. The maximum atomic E-state index is 2.41. The van der Waals surface area contributed by atoms with Crippen molar-refractivity contribution < 1.29 is 0 Å². The van der Waals surface area contributed by atoms with Crippen molar-refractivity contribution in [2.45, 2.75) is 41.5 Å². The van der Waals surface area contributed by atoms with E-state index in [0.717, 1.165) is 0 Å². The number of hydrogen-bond donors (Lipinski definition) is 0. The van der Waals surface area contributed by atoms with Crippen molar-refractivity contribution >= 4 is 129 Å². The van der Waals surface area contributed by atoms with Gasteiger partial charge in [-0.1, -0.05) is 419 Å². The van der Waals surface area contributed by atoms with E-state index in [1.54, 1.807) is 0 Å². The van der Waals surface area contributed by atoms with Crippen molar-refractivity contribution in [1.82, 2.24) is 0 Å². The molecule has 126 heavy (non-hydrogen) atoms. The lowest BCUT2D eigenvalue weighted by Crippen LogP contribution is -1.96. The van der Waals surface area contributed by atoms with E-state index in [1.165, 1.54) is 263 Å². The molecule has 24 aromatic carbocycles. The van der Waals surface area contributed by atoms with Crippen molar-refractivity contribution in [2.75, 3.05) is 0 Å². The Kier molecular flexibility index (Phi) is 19.4. The highest BCUT2D eigenvalue weighted by Gasteiger charge is 2.25. The molecule has 0 bridgehead atoms. The monoisotopic (exact) mass is 1600 g/mol. The number of benzene rings is 24. The van der Waals surface area contributed by atoms with E-state index in [9.17, 15) is 0 Å². The van der Waals surface area contributed by atoms with E-state index in [2.05, 4.69) is 478 Å². The van der Waals surface area contributed by atoms with E-state index >= 15 is 0 Å². The Morgan fingerprint density at radius 2 is 0.270 bits per heavy atom. The highest BCUT2D eigenvalue weighted by molar-refractivity contribution is 6.20. The first-order chi connectivity index (χ1) is 62.0. The van der Waals surface area contributed by atoms with Gasteiger partial charge in [0, 0.05) is 0 Å². The van der Waals surface area contributed by atoms with Gasteiger partial charge in [-0.15, -0.1) is 0 Å². The van der Waals surface area contributed by atoms with Gasteiger partial charge in [0.2, 0.25) is 0 Å². The van der Waals surface area contributed by atoms with Gasteiger partial charge in [0.25, 0.3) is 0 Å². The van der Waals surface area contributed by atoms with Crippen LogP contribution in [0.4, 0.5) is 0 Å². The first-order valence-corrected chi connectivity index (χ1v) is 44.1. The molecule has 0 fully saturated rings. The first kappa shape index (κ1) is 76.5. The molecule has 0 heteroatoms. The molecule has 0 spiro atoms. The summed E-state index contributed by atoms with van der Waals surface area (Å²) in [5.74, 6) is 0. The summed E-state index contributed by atoms with van der Waals surface area (Å²) in [5, 5.41) is 30.8. The SMILES string of the molecule is Cc1cc(-c2ccc3ccccc3c2)c2ccccc2c1-c1c(C)cc(-c2ccc3ccccc3c2)c2ccccc12.Cc1cc(-c2ccc3ccccc3c2)c2ccccc2c1-c1c(C)cc(-c2cccc3ccccc23)c2ccccc12.Cc1cc(-c2cccc3ccccc23)c2ccccc2c1-c1c(C)cc(-c2cccc3ccccc23)c2ccccc12. The van der Waals surface area contributed by atoms with Gasteiger partial charge in [0.15, 0.2) is 0 Å². The molecule has 0 atom stereocenters. The van der Waals surface area contributed by atoms with E-state index in [4.69, 9.17) is 0 Å². The average Bonchev–Trinajstić information content (AvgIpc) is 0.733. The lowest BCUT2D eigenvalue weighted by molar-refractivity contribution is 1.44. The van der Waals surface area contributed by atoms with Crippen LogP contribution in [0.3, 0.4) is 0 Å². The summed E-state index contributed by atoms with van der Waals surface area (Å²) in [7, 11) is 0. The van der Waals surface area contributed by atoms with Crippen LogP contribution in [0.25, 0.3) is 229 Å².